The fourth-order valence-corrected chi connectivity index (χ4v) is 3.37. The second kappa shape index (κ2) is 9.04. The number of anilines is 1. The third kappa shape index (κ3) is 5.10. The van der Waals surface area contributed by atoms with Crippen LogP contribution >= 0.6 is 34.5 Å². The lowest BCUT2D eigenvalue weighted by Gasteiger charge is -2.07. The molecule has 0 unspecified atom stereocenters. The number of halogens is 2. The molecular weight excluding hydrogens is 403 g/mol. The molecule has 27 heavy (non-hydrogen) atoms. The van der Waals surface area contributed by atoms with Crippen molar-refractivity contribution in [3.05, 3.63) is 69.5 Å². The second-order valence-electron chi connectivity index (χ2n) is 5.46. The molecule has 0 aliphatic rings. The first-order valence-corrected chi connectivity index (χ1v) is 9.82. The molecule has 0 spiro atoms. The molecule has 1 amide bonds. The molecule has 2 aromatic carbocycles. The van der Waals surface area contributed by atoms with Crippen molar-refractivity contribution in [1.29, 1.82) is 0 Å². The maximum Gasteiger partial charge on any atom is 0.250 e. The Morgan fingerprint density at radius 2 is 2.04 bits per heavy atom. The average molecular weight is 419 g/mol. The van der Waals surface area contributed by atoms with Crippen molar-refractivity contribution in [2.75, 3.05) is 11.9 Å². The Bertz CT molecular complexity index is 986. The van der Waals surface area contributed by atoms with Gasteiger partial charge in [-0.3, -0.25) is 10.1 Å². The van der Waals surface area contributed by atoms with Crippen LogP contribution in [0.4, 0.5) is 5.13 Å². The van der Waals surface area contributed by atoms with Crippen molar-refractivity contribution in [3.63, 3.8) is 0 Å². The van der Waals surface area contributed by atoms with Crippen LogP contribution in [0, 0.1) is 0 Å². The van der Waals surface area contributed by atoms with E-state index in [1.165, 1.54) is 17.4 Å². The molecule has 1 aromatic heterocycles. The van der Waals surface area contributed by atoms with Gasteiger partial charge < -0.3 is 4.74 Å². The highest BCUT2D eigenvalue weighted by molar-refractivity contribution is 7.14. The fourth-order valence-electron chi connectivity index (χ4n) is 2.35. The highest BCUT2D eigenvalue weighted by Gasteiger charge is 2.10. The topological polar surface area (TPSA) is 51.2 Å². The Labute approximate surface area is 171 Å². The van der Waals surface area contributed by atoms with Crippen LogP contribution in [0.2, 0.25) is 10.0 Å². The summed E-state index contributed by atoms with van der Waals surface area (Å²) in [6.07, 6.45) is 3.09. The Hall–Kier alpha value is -2.34. The monoisotopic (exact) mass is 418 g/mol. The number of thiazole rings is 1. The first kappa shape index (κ1) is 19.4. The smallest absolute Gasteiger partial charge is 0.250 e. The van der Waals surface area contributed by atoms with E-state index in [0.717, 1.165) is 22.6 Å². The van der Waals surface area contributed by atoms with Gasteiger partial charge in [-0.2, -0.15) is 0 Å². The standard InChI is InChI=1S/C20H16Cl2N2O2S/c1-2-26-18-6-4-3-5-14(18)17-12-27-20(23-17)24-19(25)10-8-13-7-9-15(21)16(22)11-13/h3-12H,2H2,1H3,(H,23,24,25). The number of aromatic nitrogens is 1. The van der Waals surface area contributed by atoms with Crippen LogP contribution in [-0.2, 0) is 4.79 Å². The number of para-hydroxylation sites is 1. The lowest BCUT2D eigenvalue weighted by Crippen LogP contribution is -2.07. The SMILES string of the molecule is CCOc1ccccc1-c1csc(NC(=O)C=Cc2ccc(Cl)c(Cl)c2)n1. The van der Waals surface area contributed by atoms with E-state index in [0.29, 0.717) is 21.8 Å². The first-order chi connectivity index (χ1) is 13.1. The van der Waals surface area contributed by atoms with E-state index in [4.69, 9.17) is 27.9 Å². The zero-order valence-electron chi connectivity index (χ0n) is 14.4. The summed E-state index contributed by atoms with van der Waals surface area (Å²) >= 11 is 13.2. The minimum absolute atomic E-state index is 0.278. The second-order valence-corrected chi connectivity index (χ2v) is 7.14. The predicted octanol–water partition coefficient (Wildman–Crippen LogP) is 6.17. The lowest BCUT2D eigenvalue weighted by atomic mass is 10.1. The van der Waals surface area contributed by atoms with Gasteiger partial charge in [-0.15, -0.1) is 11.3 Å². The number of carbonyl (C=O) groups is 1. The molecule has 1 N–H and O–H groups in total. The van der Waals surface area contributed by atoms with Crippen molar-refractivity contribution in [1.82, 2.24) is 4.98 Å². The number of amides is 1. The molecular formula is C20H16Cl2N2O2S. The normalized spacial score (nSPS) is 10.9. The summed E-state index contributed by atoms with van der Waals surface area (Å²) in [5.74, 6) is 0.489. The molecule has 0 saturated carbocycles. The Balaban J connectivity index is 1.69. The molecule has 0 radical (unpaired) electrons. The van der Waals surface area contributed by atoms with Gasteiger partial charge in [0, 0.05) is 17.0 Å². The van der Waals surface area contributed by atoms with Gasteiger partial charge >= 0.3 is 0 Å². The van der Waals surface area contributed by atoms with Crippen LogP contribution in [0.15, 0.2) is 53.9 Å². The van der Waals surface area contributed by atoms with Crippen LogP contribution in [0.3, 0.4) is 0 Å². The number of rotatable bonds is 6. The minimum Gasteiger partial charge on any atom is -0.493 e. The zero-order chi connectivity index (χ0) is 19.2. The van der Waals surface area contributed by atoms with Gasteiger partial charge in [-0.25, -0.2) is 4.98 Å². The van der Waals surface area contributed by atoms with Gasteiger partial charge in [0.25, 0.3) is 0 Å². The molecule has 3 aromatic rings. The van der Waals surface area contributed by atoms with Crippen LogP contribution in [0.25, 0.3) is 17.3 Å². The maximum absolute atomic E-state index is 12.1. The van der Waals surface area contributed by atoms with E-state index in [1.54, 1.807) is 24.3 Å². The molecule has 4 nitrogen and oxygen atoms in total. The molecule has 7 heteroatoms. The number of hydrogen-bond donors (Lipinski definition) is 1. The van der Waals surface area contributed by atoms with E-state index in [2.05, 4.69) is 10.3 Å². The molecule has 3 rings (SSSR count). The Morgan fingerprint density at radius 1 is 1.22 bits per heavy atom. The third-order valence-corrected chi connectivity index (χ3v) is 5.06. The molecule has 0 fully saturated rings. The van der Waals surface area contributed by atoms with Crippen LogP contribution in [0.5, 0.6) is 5.75 Å². The maximum atomic E-state index is 12.1. The van der Waals surface area contributed by atoms with Crippen molar-refractivity contribution in [2.24, 2.45) is 0 Å². The largest absolute Gasteiger partial charge is 0.493 e. The minimum atomic E-state index is -0.278. The van der Waals surface area contributed by atoms with Gasteiger partial charge in [0.15, 0.2) is 5.13 Å². The molecule has 0 aliphatic heterocycles. The molecule has 138 valence electrons. The van der Waals surface area contributed by atoms with Crippen LogP contribution in [-0.4, -0.2) is 17.5 Å². The van der Waals surface area contributed by atoms with Crippen molar-refractivity contribution in [2.45, 2.75) is 6.92 Å². The number of nitrogens with one attached hydrogen (secondary N) is 1. The summed E-state index contributed by atoms with van der Waals surface area (Å²) in [5, 5.41) is 6.08. The summed E-state index contributed by atoms with van der Waals surface area (Å²) in [6, 6.07) is 12.8. The summed E-state index contributed by atoms with van der Waals surface area (Å²) in [7, 11) is 0. The Morgan fingerprint density at radius 3 is 2.81 bits per heavy atom. The molecule has 0 saturated heterocycles. The van der Waals surface area contributed by atoms with Crippen molar-refractivity contribution >= 4 is 51.7 Å². The highest BCUT2D eigenvalue weighted by Crippen LogP contribution is 2.32. The van der Waals surface area contributed by atoms with E-state index >= 15 is 0 Å². The quantitative estimate of drug-likeness (QED) is 0.487. The van der Waals surface area contributed by atoms with Gasteiger partial charge in [-0.05, 0) is 42.8 Å². The molecule has 0 atom stereocenters. The van der Waals surface area contributed by atoms with Gasteiger partial charge in [0.05, 0.1) is 22.3 Å². The number of hydrogen-bond acceptors (Lipinski definition) is 4. The summed E-state index contributed by atoms with van der Waals surface area (Å²) in [6.45, 7) is 2.51. The van der Waals surface area contributed by atoms with E-state index in [1.807, 2.05) is 36.6 Å². The number of carbonyl (C=O) groups excluding carboxylic acids is 1. The number of ether oxygens (including phenoxy) is 1. The van der Waals surface area contributed by atoms with Gasteiger partial charge in [0.1, 0.15) is 5.75 Å². The average Bonchev–Trinajstić information content (AvgIpc) is 3.11. The zero-order valence-corrected chi connectivity index (χ0v) is 16.7. The van der Waals surface area contributed by atoms with Crippen molar-refractivity contribution in [3.8, 4) is 17.0 Å². The third-order valence-electron chi connectivity index (χ3n) is 3.57. The molecule has 1 heterocycles. The van der Waals surface area contributed by atoms with E-state index in [9.17, 15) is 4.79 Å². The van der Waals surface area contributed by atoms with E-state index < -0.39 is 0 Å². The lowest BCUT2D eigenvalue weighted by molar-refractivity contribution is -0.111. The van der Waals surface area contributed by atoms with Gasteiger partial charge in [-0.1, -0.05) is 41.4 Å². The summed E-state index contributed by atoms with van der Waals surface area (Å²) < 4.78 is 5.63. The van der Waals surface area contributed by atoms with Crippen LogP contribution in [0.1, 0.15) is 12.5 Å². The van der Waals surface area contributed by atoms with E-state index in [-0.39, 0.29) is 5.91 Å². The molecule has 0 aliphatic carbocycles. The van der Waals surface area contributed by atoms with Crippen LogP contribution < -0.4 is 10.1 Å². The number of nitrogens with zero attached hydrogens (tertiary/aromatic N) is 1. The molecule has 0 bridgehead atoms. The first-order valence-electron chi connectivity index (χ1n) is 8.18. The summed E-state index contributed by atoms with van der Waals surface area (Å²) in [4.78, 5) is 16.6. The summed E-state index contributed by atoms with van der Waals surface area (Å²) in [5.41, 5.74) is 2.43. The fraction of sp³-hybridized carbons (Fsp3) is 0.100. The highest BCUT2D eigenvalue weighted by atomic mass is 35.5. The number of benzene rings is 2. The predicted molar refractivity (Wildman–Crippen MR) is 113 cm³/mol. The van der Waals surface area contributed by atoms with Crippen molar-refractivity contribution < 1.29 is 9.53 Å². The Kier molecular flexibility index (Phi) is 6.50. The van der Waals surface area contributed by atoms with Gasteiger partial charge in [0.2, 0.25) is 5.91 Å².